The van der Waals surface area contributed by atoms with Crippen molar-refractivity contribution in [3.63, 3.8) is 0 Å². The lowest BCUT2D eigenvalue weighted by molar-refractivity contribution is -0.104. The van der Waals surface area contributed by atoms with Crippen LogP contribution in [0, 0.1) is 11.3 Å². The van der Waals surface area contributed by atoms with Gasteiger partial charge in [-0.1, -0.05) is 46.9 Å². The molecule has 0 atom stereocenters. The molecule has 0 unspecified atom stereocenters. The van der Waals surface area contributed by atoms with Crippen LogP contribution >= 0.6 is 0 Å². The smallest absolute Gasteiger partial charge is 0.150 e. The van der Waals surface area contributed by atoms with E-state index in [9.17, 15) is 9.18 Å². The van der Waals surface area contributed by atoms with Crippen LogP contribution in [-0.2, 0) is 4.79 Å². The van der Waals surface area contributed by atoms with Crippen molar-refractivity contribution in [2.45, 2.75) is 27.7 Å². The van der Waals surface area contributed by atoms with Crippen LogP contribution in [0.4, 0.5) is 4.39 Å². The highest BCUT2D eigenvalue weighted by Gasteiger charge is 1.99. The molecule has 0 aromatic heterocycles. The van der Waals surface area contributed by atoms with E-state index in [2.05, 4.69) is 13.2 Å². The number of hydrogen-bond acceptors (Lipinski definition) is 2. The third-order valence-corrected chi connectivity index (χ3v) is 1.25. The maximum atomic E-state index is 13.0. The molecule has 17 heavy (non-hydrogen) atoms. The molecule has 0 spiro atoms. The number of rotatable bonds is 4. The van der Waals surface area contributed by atoms with Gasteiger partial charge < -0.3 is 0 Å². The molecule has 0 radical (unpaired) electrons. The summed E-state index contributed by atoms with van der Waals surface area (Å²) in [5, 5.41) is 8.39. The maximum Gasteiger partial charge on any atom is 0.150 e. The van der Waals surface area contributed by atoms with E-state index in [4.69, 9.17) is 5.26 Å². The fourth-order valence-corrected chi connectivity index (χ4v) is 0.562. The first-order valence-corrected chi connectivity index (χ1v) is 5.41. The zero-order valence-corrected chi connectivity index (χ0v) is 11.0. The van der Waals surface area contributed by atoms with Crippen molar-refractivity contribution in [2.75, 3.05) is 0 Å². The Kier molecular flexibility index (Phi) is 19.8. The minimum Gasteiger partial charge on any atom is -0.298 e. The van der Waals surface area contributed by atoms with E-state index < -0.39 is 5.83 Å². The van der Waals surface area contributed by atoms with Crippen LogP contribution in [0.5, 0.6) is 0 Å². The van der Waals surface area contributed by atoms with Crippen LogP contribution in [0.3, 0.4) is 0 Å². The number of aldehydes is 1. The molecule has 0 aromatic rings. The summed E-state index contributed by atoms with van der Waals surface area (Å²) in [6.45, 7) is 14.5. The summed E-state index contributed by atoms with van der Waals surface area (Å²) in [4.78, 5) is 10.2. The summed E-state index contributed by atoms with van der Waals surface area (Å²) in [5.41, 5.74) is -0.131. The predicted octanol–water partition coefficient (Wildman–Crippen LogP) is 4.28. The molecule has 0 rings (SSSR count). The van der Waals surface area contributed by atoms with Gasteiger partial charge in [-0.15, -0.1) is 0 Å². The van der Waals surface area contributed by atoms with E-state index in [1.165, 1.54) is 6.08 Å². The van der Waals surface area contributed by atoms with Gasteiger partial charge in [-0.2, -0.15) is 5.26 Å². The van der Waals surface area contributed by atoms with Crippen LogP contribution in [-0.4, -0.2) is 6.29 Å². The molecule has 0 aliphatic carbocycles. The second-order valence-electron chi connectivity index (χ2n) is 2.04. The Morgan fingerprint density at radius 1 is 1.18 bits per heavy atom. The largest absolute Gasteiger partial charge is 0.298 e. The molecule has 2 nitrogen and oxygen atoms in total. The average molecular weight is 237 g/mol. The highest BCUT2D eigenvalue weighted by Crippen LogP contribution is 2.10. The van der Waals surface area contributed by atoms with E-state index in [1.54, 1.807) is 6.07 Å². The lowest BCUT2D eigenvalue weighted by Crippen LogP contribution is -1.82. The number of allylic oxidation sites excluding steroid dienone is 6. The van der Waals surface area contributed by atoms with Gasteiger partial charge in [0.1, 0.15) is 18.2 Å². The van der Waals surface area contributed by atoms with Gasteiger partial charge in [0.25, 0.3) is 0 Å². The normalized spacial score (nSPS) is 10.2. The van der Waals surface area contributed by atoms with Crippen LogP contribution in [0.2, 0.25) is 0 Å². The van der Waals surface area contributed by atoms with Crippen molar-refractivity contribution in [3.8, 4) is 6.07 Å². The average Bonchev–Trinajstić information content (AvgIpc) is 2.42. The molecule has 0 bridgehead atoms. The molecule has 3 heteroatoms. The zero-order valence-electron chi connectivity index (χ0n) is 11.0. The van der Waals surface area contributed by atoms with Gasteiger partial charge in [0.2, 0.25) is 0 Å². The molecule has 0 saturated heterocycles. The van der Waals surface area contributed by atoms with Crippen molar-refractivity contribution in [1.29, 1.82) is 5.26 Å². The third-order valence-electron chi connectivity index (χ3n) is 1.25. The fraction of sp³-hybridized carbons (Fsp3) is 0.286. The van der Waals surface area contributed by atoms with Gasteiger partial charge in [0, 0.05) is 5.57 Å². The topological polar surface area (TPSA) is 40.9 Å². The number of nitriles is 1. The Bertz CT molecular complexity index is 323. The van der Waals surface area contributed by atoms with Crippen LogP contribution in [0.15, 0.2) is 48.4 Å². The number of carbonyl (C=O) groups excluding carboxylic acids is 1. The summed E-state index contributed by atoms with van der Waals surface area (Å²) >= 11 is 0. The minimum atomic E-state index is -0.792. The number of hydrogen-bond donors (Lipinski definition) is 0. The van der Waals surface area contributed by atoms with Crippen molar-refractivity contribution in [2.24, 2.45) is 0 Å². The molecule has 0 aromatic carbocycles. The highest BCUT2D eigenvalue weighted by atomic mass is 19.1. The van der Waals surface area contributed by atoms with Gasteiger partial charge in [0.15, 0.2) is 0 Å². The summed E-state index contributed by atoms with van der Waals surface area (Å²) in [6, 6.07) is 1.60. The van der Waals surface area contributed by atoms with E-state index in [0.29, 0.717) is 6.29 Å². The molecular formula is C14H20FNO. The van der Waals surface area contributed by atoms with Crippen LogP contribution in [0.25, 0.3) is 0 Å². The Morgan fingerprint density at radius 2 is 1.65 bits per heavy atom. The summed E-state index contributed by atoms with van der Waals surface area (Å²) < 4.78 is 13.0. The molecule has 0 saturated carbocycles. The van der Waals surface area contributed by atoms with Crippen LogP contribution < -0.4 is 0 Å². The number of carbonyl (C=O) groups is 1. The van der Waals surface area contributed by atoms with Crippen molar-refractivity contribution >= 4 is 6.29 Å². The number of halogens is 1. The molecule has 0 aliphatic rings. The molecule has 0 fully saturated rings. The zero-order chi connectivity index (χ0) is 14.3. The highest BCUT2D eigenvalue weighted by molar-refractivity contribution is 5.78. The quantitative estimate of drug-likeness (QED) is 0.317. The summed E-state index contributed by atoms with van der Waals surface area (Å²) in [6.07, 6.45) is 3.66. The Balaban J connectivity index is -0.000000439. The van der Waals surface area contributed by atoms with E-state index in [1.807, 2.05) is 27.7 Å². The Morgan fingerprint density at radius 3 is 1.88 bits per heavy atom. The maximum absolute atomic E-state index is 13.0. The van der Waals surface area contributed by atoms with E-state index in [-0.39, 0.29) is 11.1 Å². The summed E-state index contributed by atoms with van der Waals surface area (Å²) in [7, 11) is 0. The van der Waals surface area contributed by atoms with Crippen molar-refractivity contribution in [3.05, 3.63) is 48.4 Å². The van der Waals surface area contributed by atoms with E-state index in [0.717, 1.165) is 12.2 Å². The Labute approximate surface area is 103 Å². The van der Waals surface area contributed by atoms with Crippen molar-refractivity contribution < 1.29 is 9.18 Å². The Hall–Kier alpha value is -1.95. The molecule has 0 aliphatic heterocycles. The van der Waals surface area contributed by atoms with Gasteiger partial charge in [0.05, 0.1) is 5.57 Å². The lowest BCUT2D eigenvalue weighted by Gasteiger charge is -1.90. The first-order valence-electron chi connectivity index (χ1n) is 5.41. The predicted molar refractivity (Wildman–Crippen MR) is 71.0 cm³/mol. The monoisotopic (exact) mass is 237 g/mol. The molecular weight excluding hydrogens is 217 g/mol. The van der Waals surface area contributed by atoms with Crippen LogP contribution in [0.1, 0.15) is 27.7 Å². The SMILES string of the molecule is C=C/C(C#N)=C(F)\C=C(/C=C)C=O.CC.CC. The van der Waals surface area contributed by atoms with Gasteiger partial charge in [-0.05, 0) is 12.2 Å². The third kappa shape index (κ3) is 10.3. The molecule has 0 N–H and O–H groups in total. The molecule has 94 valence electrons. The number of nitrogens with zero attached hydrogens (tertiary/aromatic N) is 1. The second-order valence-corrected chi connectivity index (χ2v) is 2.04. The first kappa shape index (κ1) is 20.5. The first-order chi connectivity index (χ1) is 8.19. The molecule has 0 amide bonds. The fourth-order valence-electron chi connectivity index (χ4n) is 0.562. The van der Waals surface area contributed by atoms with Crippen molar-refractivity contribution in [1.82, 2.24) is 0 Å². The van der Waals surface area contributed by atoms with Gasteiger partial charge in [-0.3, -0.25) is 4.79 Å². The standard InChI is InChI=1S/C10H8FNO.2C2H6/c1-3-8(7-13)5-10(11)9(4-2)6-12;2*1-2/h3-5,7H,1-2H2;2*1-2H3/b8-5+,10-9-;;. The second kappa shape index (κ2) is 16.5. The van der Waals surface area contributed by atoms with E-state index >= 15 is 0 Å². The lowest BCUT2D eigenvalue weighted by atomic mass is 10.2. The molecule has 0 heterocycles. The minimum absolute atomic E-state index is 0.0760. The van der Waals surface area contributed by atoms with Gasteiger partial charge >= 0.3 is 0 Å². The summed E-state index contributed by atoms with van der Waals surface area (Å²) in [5.74, 6) is -0.792. The van der Waals surface area contributed by atoms with Gasteiger partial charge in [-0.25, -0.2) is 4.39 Å².